The van der Waals surface area contributed by atoms with Gasteiger partial charge in [-0.25, -0.2) is 9.97 Å². The van der Waals surface area contributed by atoms with Crippen LogP contribution in [0.4, 0.5) is 24.8 Å². The van der Waals surface area contributed by atoms with Crippen molar-refractivity contribution < 1.29 is 13.2 Å². The Morgan fingerprint density at radius 1 is 0.909 bits per heavy atom. The molecule has 122 valence electrons. The van der Waals surface area contributed by atoms with E-state index in [1.165, 1.54) is 12.7 Å². The zero-order chi connectivity index (χ0) is 15.6. The van der Waals surface area contributed by atoms with E-state index in [0.29, 0.717) is 18.8 Å². The van der Waals surface area contributed by atoms with Crippen molar-refractivity contribution in [3.8, 4) is 0 Å². The van der Waals surface area contributed by atoms with E-state index in [-0.39, 0.29) is 13.0 Å². The van der Waals surface area contributed by atoms with Crippen molar-refractivity contribution in [2.75, 3.05) is 36.0 Å². The lowest BCUT2D eigenvalue weighted by Crippen LogP contribution is -2.42. The van der Waals surface area contributed by atoms with E-state index in [4.69, 9.17) is 0 Å². The van der Waals surface area contributed by atoms with Gasteiger partial charge in [0.25, 0.3) is 0 Å². The second kappa shape index (κ2) is 6.30. The molecule has 2 fully saturated rings. The van der Waals surface area contributed by atoms with Gasteiger partial charge in [-0.2, -0.15) is 13.2 Å². The monoisotopic (exact) mass is 314 g/mol. The quantitative estimate of drug-likeness (QED) is 0.839. The molecule has 3 heterocycles. The Morgan fingerprint density at radius 2 is 1.55 bits per heavy atom. The van der Waals surface area contributed by atoms with Crippen LogP contribution < -0.4 is 9.80 Å². The molecule has 0 aliphatic carbocycles. The topological polar surface area (TPSA) is 32.3 Å². The summed E-state index contributed by atoms with van der Waals surface area (Å²) in [6.07, 6.45) is 1.61. The maximum Gasteiger partial charge on any atom is 0.393 e. The molecule has 0 aromatic carbocycles. The van der Waals surface area contributed by atoms with Gasteiger partial charge in [0.1, 0.15) is 18.0 Å². The summed E-state index contributed by atoms with van der Waals surface area (Å²) in [5.74, 6) is 0.193. The molecule has 3 rings (SSSR count). The van der Waals surface area contributed by atoms with Crippen molar-refractivity contribution in [2.45, 2.75) is 38.3 Å². The van der Waals surface area contributed by atoms with Gasteiger partial charge in [0, 0.05) is 32.2 Å². The Morgan fingerprint density at radius 3 is 2.23 bits per heavy atom. The van der Waals surface area contributed by atoms with Gasteiger partial charge in [-0.1, -0.05) is 0 Å². The molecule has 1 atom stereocenters. The number of hydrogen-bond acceptors (Lipinski definition) is 4. The Balaban J connectivity index is 1.74. The Hall–Kier alpha value is -1.53. The van der Waals surface area contributed by atoms with Crippen LogP contribution in [0.5, 0.6) is 0 Å². The minimum Gasteiger partial charge on any atom is -0.356 e. The number of nitrogens with zero attached hydrogens (tertiary/aromatic N) is 4. The van der Waals surface area contributed by atoms with Crippen LogP contribution >= 0.6 is 0 Å². The summed E-state index contributed by atoms with van der Waals surface area (Å²) in [6, 6.07) is 1.84. The molecular weight excluding hydrogens is 293 g/mol. The fourth-order valence-electron chi connectivity index (χ4n) is 3.26. The molecule has 0 amide bonds. The first-order chi connectivity index (χ1) is 10.5. The van der Waals surface area contributed by atoms with E-state index in [0.717, 1.165) is 31.7 Å². The summed E-state index contributed by atoms with van der Waals surface area (Å²) in [4.78, 5) is 12.4. The Kier molecular flexibility index (Phi) is 4.40. The van der Waals surface area contributed by atoms with Crippen molar-refractivity contribution in [1.82, 2.24) is 9.97 Å². The number of anilines is 2. The lowest BCUT2D eigenvalue weighted by Gasteiger charge is -2.35. The predicted octanol–water partition coefficient (Wildman–Crippen LogP) is 3.25. The number of halogens is 3. The van der Waals surface area contributed by atoms with Crippen molar-refractivity contribution in [3.05, 3.63) is 12.4 Å². The fraction of sp³-hybridized carbons (Fsp3) is 0.733. The van der Waals surface area contributed by atoms with Crippen molar-refractivity contribution >= 4 is 11.6 Å². The molecule has 0 spiro atoms. The summed E-state index contributed by atoms with van der Waals surface area (Å²) in [5.41, 5.74) is 0. The molecule has 0 N–H and O–H groups in total. The Bertz CT molecular complexity index is 500. The summed E-state index contributed by atoms with van der Waals surface area (Å²) in [7, 11) is 0. The number of rotatable bonds is 2. The van der Waals surface area contributed by atoms with E-state index < -0.39 is 12.1 Å². The molecule has 2 aliphatic heterocycles. The van der Waals surface area contributed by atoms with Gasteiger partial charge in [-0.3, -0.25) is 0 Å². The highest BCUT2D eigenvalue weighted by molar-refractivity contribution is 5.50. The SMILES string of the molecule is FC(F)(F)[C@@H]1CCCN(c2cc(N3CCCCC3)ncn2)C1. The lowest BCUT2D eigenvalue weighted by molar-refractivity contribution is -0.176. The van der Waals surface area contributed by atoms with Gasteiger partial charge in [0.2, 0.25) is 0 Å². The molecule has 1 aromatic heterocycles. The minimum absolute atomic E-state index is 0.0000463. The normalized spacial score (nSPS) is 23.7. The summed E-state index contributed by atoms with van der Waals surface area (Å²) < 4.78 is 38.8. The van der Waals surface area contributed by atoms with Crippen LogP contribution in [0.1, 0.15) is 32.1 Å². The number of piperidine rings is 2. The average Bonchev–Trinajstić information content (AvgIpc) is 2.55. The van der Waals surface area contributed by atoms with Crippen LogP contribution in [0.25, 0.3) is 0 Å². The molecule has 0 radical (unpaired) electrons. The summed E-state index contributed by atoms with van der Waals surface area (Å²) in [5, 5.41) is 0. The van der Waals surface area contributed by atoms with Crippen molar-refractivity contribution in [3.63, 3.8) is 0 Å². The van der Waals surface area contributed by atoms with E-state index in [2.05, 4.69) is 14.9 Å². The molecule has 4 nitrogen and oxygen atoms in total. The van der Waals surface area contributed by atoms with Gasteiger partial charge in [0.05, 0.1) is 5.92 Å². The molecule has 1 aromatic rings. The van der Waals surface area contributed by atoms with E-state index >= 15 is 0 Å². The molecule has 0 saturated carbocycles. The smallest absolute Gasteiger partial charge is 0.356 e. The first kappa shape index (κ1) is 15.4. The highest BCUT2D eigenvalue weighted by Crippen LogP contribution is 2.34. The molecule has 2 saturated heterocycles. The Labute approximate surface area is 128 Å². The van der Waals surface area contributed by atoms with Gasteiger partial charge in [-0.15, -0.1) is 0 Å². The van der Waals surface area contributed by atoms with Crippen LogP contribution in [-0.4, -0.2) is 42.3 Å². The van der Waals surface area contributed by atoms with E-state index in [1.807, 2.05) is 6.07 Å². The van der Waals surface area contributed by atoms with Crippen LogP contribution in [0.15, 0.2) is 12.4 Å². The van der Waals surface area contributed by atoms with Gasteiger partial charge in [0.15, 0.2) is 0 Å². The standard InChI is InChI=1S/C15H21F3N4/c16-15(17,18)12-5-4-8-22(10-12)14-9-13(19-11-20-14)21-6-2-1-3-7-21/h9,11-12H,1-8,10H2/t12-/m1/s1. The van der Waals surface area contributed by atoms with Crippen LogP contribution in [-0.2, 0) is 0 Å². The maximum atomic E-state index is 12.9. The second-order valence-corrected chi connectivity index (χ2v) is 6.11. The largest absolute Gasteiger partial charge is 0.393 e. The zero-order valence-electron chi connectivity index (χ0n) is 12.5. The second-order valence-electron chi connectivity index (χ2n) is 6.11. The molecular formula is C15H21F3N4. The van der Waals surface area contributed by atoms with Gasteiger partial charge < -0.3 is 9.80 Å². The minimum atomic E-state index is -4.12. The first-order valence-corrected chi connectivity index (χ1v) is 7.93. The average molecular weight is 314 g/mol. The number of aromatic nitrogens is 2. The molecule has 2 aliphatic rings. The van der Waals surface area contributed by atoms with Crippen LogP contribution in [0.2, 0.25) is 0 Å². The van der Waals surface area contributed by atoms with Crippen LogP contribution in [0.3, 0.4) is 0 Å². The summed E-state index contributed by atoms with van der Waals surface area (Å²) >= 11 is 0. The third kappa shape index (κ3) is 3.44. The molecule has 22 heavy (non-hydrogen) atoms. The molecule has 0 unspecified atom stereocenters. The van der Waals surface area contributed by atoms with Crippen molar-refractivity contribution in [1.29, 1.82) is 0 Å². The third-order valence-electron chi connectivity index (χ3n) is 4.53. The van der Waals surface area contributed by atoms with Crippen LogP contribution in [0, 0.1) is 5.92 Å². The maximum absolute atomic E-state index is 12.9. The first-order valence-electron chi connectivity index (χ1n) is 7.93. The predicted molar refractivity (Wildman–Crippen MR) is 79.1 cm³/mol. The fourth-order valence-corrected chi connectivity index (χ4v) is 3.26. The van der Waals surface area contributed by atoms with Gasteiger partial charge >= 0.3 is 6.18 Å². The molecule has 7 heteroatoms. The summed E-state index contributed by atoms with van der Waals surface area (Å²) in [6.45, 7) is 2.55. The van der Waals surface area contributed by atoms with Gasteiger partial charge in [-0.05, 0) is 32.1 Å². The van der Waals surface area contributed by atoms with Crippen molar-refractivity contribution in [2.24, 2.45) is 5.92 Å². The van der Waals surface area contributed by atoms with E-state index in [9.17, 15) is 13.2 Å². The number of alkyl halides is 3. The molecule has 0 bridgehead atoms. The lowest BCUT2D eigenvalue weighted by atomic mass is 9.97. The van der Waals surface area contributed by atoms with E-state index in [1.54, 1.807) is 4.90 Å². The third-order valence-corrected chi connectivity index (χ3v) is 4.53. The number of hydrogen-bond donors (Lipinski definition) is 0. The zero-order valence-corrected chi connectivity index (χ0v) is 12.5. The highest BCUT2D eigenvalue weighted by Gasteiger charge is 2.42. The highest BCUT2D eigenvalue weighted by atomic mass is 19.4.